The number of halogens is 2. The molecule has 3 rings (SSSR count). The summed E-state index contributed by atoms with van der Waals surface area (Å²) in [7, 11) is 0. The van der Waals surface area contributed by atoms with Crippen LogP contribution in [0.4, 0.5) is 0 Å². The van der Waals surface area contributed by atoms with Crippen molar-refractivity contribution in [3.05, 3.63) is 34.9 Å². The van der Waals surface area contributed by atoms with Crippen LogP contribution >= 0.6 is 35.8 Å². The lowest BCUT2D eigenvalue weighted by Gasteiger charge is -2.10. The highest BCUT2D eigenvalue weighted by molar-refractivity contribution is 7.98. The van der Waals surface area contributed by atoms with E-state index in [2.05, 4.69) is 20.8 Å². The smallest absolute Gasteiger partial charge is 0.209 e. The van der Waals surface area contributed by atoms with Crippen LogP contribution in [0.1, 0.15) is 18.4 Å². The normalized spacial score (nSPS) is 17.7. The third-order valence-electron chi connectivity index (χ3n) is 3.34. The van der Waals surface area contributed by atoms with Gasteiger partial charge in [-0.25, -0.2) is 4.68 Å². The predicted octanol–water partition coefficient (Wildman–Crippen LogP) is 2.79. The number of aromatic nitrogens is 4. The molecule has 2 aromatic rings. The van der Waals surface area contributed by atoms with E-state index in [1.807, 2.05) is 28.9 Å². The maximum absolute atomic E-state index is 5.88. The first kappa shape index (κ1) is 16.5. The van der Waals surface area contributed by atoms with Crippen LogP contribution < -0.4 is 5.32 Å². The number of rotatable bonds is 5. The van der Waals surface area contributed by atoms with Crippen molar-refractivity contribution in [2.24, 2.45) is 0 Å². The summed E-state index contributed by atoms with van der Waals surface area (Å²) in [5, 5.41) is 17.1. The molecule has 1 fully saturated rings. The van der Waals surface area contributed by atoms with Gasteiger partial charge in [0.25, 0.3) is 0 Å². The van der Waals surface area contributed by atoms with Gasteiger partial charge in [-0.15, -0.1) is 17.5 Å². The fraction of sp³-hybridized carbons (Fsp3) is 0.462. The molecule has 1 aromatic carbocycles. The van der Waals surface area contributed by atoms with Crippen molar-refractivity contribution in [2.75, 3.05) is 6.54 Å². The Bertz CT molecular complexity index is 554. The van der Waals surface area contributed by atoms with Gasteiger partial charge < -0.3 is 5.32 Å². The lowest BCUT2D eigenvalue weighted by Crippen LogP contribution is -2.27. The highest BCUT2D eigenvalue weighted by Gasteiger charge is 2.17. The van der Waals surface area contributed by atoms with E-state index in [-0.39, 0.29) is 12.4 Å². The van der Waals surface area contributed by atoms with Crippen LogP contribution in [-0.4, -0.2) is 32.8 Å². The van der Waals surface area contributed by atoms with Crippen molar-refractivity contribution in [3.63, 3.8) is 0 Å². The second-order valence-electron chi connectivity index (χ2n) is 4.85. The predicted molar refractivity (Wildman–Crippen MR) is 87.1 cm³/mol. The van der Waals surface area contributed by atoms with Crippen molar-refractivity contribution in [1.29, 1.82) is 0 Å². The minimum atomic E-state index is 0. The Morgan fingerprint density at radius 1 is 1.33 bits per heavy atom. The van der Waals surface area contributed by atoms with E-state index in [1.54, 1.807) is 11.8 Å². The molecule has 1 saturated heterocycles. The maximum Gasteiger partial charge on any atom is 0.209 e. The summed E-state index contributed by atoms with van der Waals surface area (Å²) < 4.78 is 1.89. The molecular weight excluding hydrogens is 329 g/mol. The van der Waals surface area contributed by atoms with Crippen molar-refractivity contribution in [2.45, 2.75) is 36.3 Å². The van der Waals surface area contributed by atoms with Crippen molar-refractivity contribution in [1.82, 2.24) is 25.5 Å². The Hall–Kier alpha value is -0.820. The van der Waals surface area contributed by atoms with Crippen molar-refractivity contribution < 1.29 is 0 Å². The molecule has 0 spiro atoms. The van der Waals surface area contributed by atoms with Gasteiger partial charge in [0.15, 0.2) is 0 Å². The zero-order valence-corrected chi connectivity index (χ0v) is 13.8. The molecule has 1 aromatic heterocycles. The van der Waals surface area contributed by atoms with E-state index in [0.29, 0.717) is 6.04 Å². The highest BCUT2D eigenvalue weighted by Crippen LogP contribution is 2.21. The van der Waals surface area contributed by atoms with E-state index in [0.717, 1.165) is 29.0 Å². The van der Waals surface area contributed by atoms with Gasteiger partial charge >= 0.3 is 0 Å². The molecule has 114 valence electrons. The van der Waals surface area contributed by atoms with E-state index in [4.69, 9.17) is 11.6 Å². The number of tetrazole rings is 1. The second kappa shape index (κ2) is 7.98. The molecule has 0 bridgehead atoms. The third kappa shape index (κ3) is 4.57. The molecule has 1 aliphatic heterocycles. The van der Waals surface area contributed by atoms with Crippen LogP contribution in [0.2, 0.25) is 5.02 Å². The van der Waals surface area contributed by atoms with Crippen LogP contribution in [0.15, 0.2) is 29.4 Å². The van der Waals surface area contributed by atoms with Crippen LogP contribution in [0, 0.1) is 0 Å². The van der Waals surface area contributed by atoms with Gasteiger partial charge in [-0.3, -0.25) is 0 Å². The Kier molecular flexibility index (Phi) is 6.29. The Labute approximate surface area is 139 Å². The average molecular weight is 346 g/mol. The standard InChI is InChI=1S/C13H16ClN5S.ClH/c14-11-5-3-10(4-6-11)9-20-13-16-17-18-19(13)8-12-2-1-7-15-12;/h3-6,12,15H,1-2,7-9H2;1H. The minimum Gasteiger partial charge on any atom is -0.312 e. The number of nitrogens with one attached hydrogen (secondary N) is 1. The lowest BCUT2D eigenvalue weighted by molar-refractivity contribution is 0.443. The van der Waals surface area contributed by atoms with Crippen LogP contribution in [0.5, 0.6) is 0 Å². The first-order valence-electron chi connectivity index (χ1n) is 6.68. The van der Waals surface area contributed by atoms with Gasteiger partial charge in [-0.05, 0) is 47.5 Å². The molecular formula is C13H17Cl2N5S. The van der Waals surface area contributed by atoms with Gasteiger partial charge in [0.2, 0.25) is 5.16 Å². The molecule has 0 saturated carbocycles. The average Bonchev–Trinajstić information content (AvgIpc) is 3.11. The summed E-state index contributed by atoms with van der Waals surface area (Å²) in [6.07, 6.45) is 2.43. The number of benzene rings is 1. The van der Waals surface area contributed by atoms with E-state index in [9.17, 15) is 0 Å². The van der Waals surface area contributed by atoms with Crippen molar-refractivity contribution in [3.8, 4) is 0 Å². The summed E-state index contributed by atoms with van der Waals surface area (Å²) in [4.78, 5) is 0. The molecule has 2 heterocycles. The fourth-order valence-electron chi connectivity index (χ4n) is 2.26. The zero-order chi connectivity index (χ0) is 13.8. The molecule has 0 aliphatic carbocycles. The quantitative estimate of drug-likeness (QED) is 0.844. The second-order valence-corrected chi connectivity index (χ2v) is 6.23. The third-order valence-corrected chi connectivity index (χ3v) is 4.62. The fourth-order valence-corrected chi connectivity index (χ4v) is 3.23. The van der Waals surface area contributed by atoms with Gasteiger partial charge in [-0.2, -0.15) is 0 Å². The monoisotopic (exact) mass is 345 g/mol. The largest absolute Gasteiger partial charge is 0.312 e. The summed E-state index contributed by atoms with van der Waals surface area (Å²) >= 11 is 7.53. The molecule has 21 heavy (non-hydrogen) atoms. The van der Waals surface area contributed by atoms with Gasteiger partial charge in [0.05, 0.1) is 6.54 Å². The van der Waals surface area contributed by atoms with Gasteiger partial charge in [-0.1, -0.05) is 35.5 Å². The van der Waals surface area contributed by atoms with Crippen molar-refractivity contribution >= 4 is 35.8 Å². The summed E-state index contributed by atoms with van der Waals surface area (Å²) in [6.45, 7) is 1.94. The van der Waals surface area contributed by atoms with Gasteiger partial charge in [0.1, 0.15) is 0 Å². The van der Waals surface area contributed by atoms with E-state index in [1.165, 1.54) is 18.4 Å². The maximum atomic E-state index is 5.88. The number of nitrogens with zero attached hydrogens (tertiary/aromatic N) is 4. The Morgan fingerprint density at radius 2 is 2.14 bits per heavy atom. The molecule has 0 amide bonds. The lowest BCUT2D eigenvalue weighted by atomic mass is 10.2. The minimum absolute atomic E-state index is 0. The van der Waals surface area contributed by atoms with Gasteiger partial charge in [0, 0.05) is 16.8 Å². The molecule has 1 aliphatic rings. The Morgan fingerprint density at radius 3 is 2.86 bits per heavy atom. The zero-order valence-electron chi connectivity index (χ0n) is 11.4. The SMILES string of the molecule is Cl.Clc1ccc(CSc2nnnn2CC2CCCN2)cc1. The molecule has 1 unspecified atom stereocenters. The van der Waals surface area contributed by atoms with E-state index >= 15 is 0 Å². The topological polar surface area (TPSA) is 55.6 Å². The summed E-state index contributed by atoms with van der Waals surface area (Å²) in [6, 6.07) is 8.36. The first-order valence-corrected chi connectivity index (χ1v) is 8.04. The molecule has 8 heteroatoms. The van der Waals surface area contributed by atoms with E-state index < -0.39 is 0 Å². The number of thioether (sulfide) groups is 1. The van der Waals surface area contributed by atoms with Crippen LogP contribution in [0.3, 0.4) is 0 Å². The molecule has 1 atom stereocenters. The molecule has 5 nitrogen and oxygen atoms in total. The van der Waals surface area contributed by atoms with Crippen LogP contribution in [-0.2, 0) is 12.3 Å². The summed E-state index contributed by atoms with van der Waals surface area (Å²) in [5.41, 5.74) is 1.22. The molecule has 1 N–H and O–H groups in total. The number of hydrogen-bond acceptors (Lipinski definition) is 5. The molecule has 0 radical (unpaired) electrons. The Balaban J connectivity index is 0.00000161. The summed E-state index contributed by atoms with van der Waals surface area (Å²) in [5.74, 6) is 0.843. The highest BCUT2D eigenvalue weighted by atomic mass is 35.5. The van der Waals surface area contributed by atoms with Crippen LogP contribution in [0.25, 0.3) is 0 Å². The number of hydrogen-bond donors (Lipinski definition) is 1. The first-order chi connectivity index (χ1) is 9.81.